The number of nitrogens with zero attached hydrogens (tertiary/aromatic N) is 2. The van der Waals surface area contributed by atoms with Gasteiger partial charge < -0.3 is 15.0 Å². The molecule has 0 aliphatic carbocycles. The Morgan fingerprint density at radius 3 is 2.50 bits per heavy atom. The SMILES string of the molecule is COc1cccc(N2CCN(S(=O)(=O)c3ccsc3C(=O)Nc3cccc(C)c3)CC2)c1. The van der Waals surface area contributed by atoms with E-state index in [1.807, 2.05) is 49.4 Å². The van der Waals surface area contributed by atoms with Gasteiger partial charge in [0.25, 0.3) is 5.91 Å². The fourth-order valence-corrected chi connectivity index (χ4v) is 6.43. The van der Waals surface area contributed by atoms with Crippen molar-refractivity contribution < 1.29 is 17.9 Å². The molecule has 0 unspecified atom stereocenters. The van der Waals surface area contributed by atoms with Crippen molar-refractivity contribution in [2.75, 3.05) is 43.5 Å². The summed E-state index contributed by atoms with van der Waals surface area (Å²) in [7, 11) is -2.16. The number of amides is 1. The van der Waals surface area contributed by atoms with E-state index in [1.54, 1.807) is 18.6 Å². The lowest BCUT2D eigenvalue weighted by atomic mass is 10.2. The highest BCUT2D eigenvalue weighted by atomic mass is 32.2. The summed E-state index contributed by atoms with van der Waals surface area (Å²) in [6.45, 7) is 3.73. The minimum atomic E-state index is -3.78. The van der Waals surface area contributed by atoms with Crippen molar-refractivity contribution in [1.29, 1.82) is 0 Å². The average molecular weight is 472 g/mol. The van der Waals surface area contributed by atoms with E-state index in [1.165, 1.54) is 10.4 Å². The minimum absolute atomic E-state index is 0.0579. The van der Waals surface area contributed by atoms with E-state index >= 15 is 0 Å². The molecule has 1 aliphatic heterocycles. The zero-order valence-corrected chi connectivity index (χ0v) is 19.6. The molecule has 0 bridgehead atoms. The van der Waals surface area contributed by atoms with Gasteiger partial charge in [0.1, 0.15) is 15.5 Å². The maximum atomic E-state index is 13.3. The Morgan fingerprint density at radius 2 is 1.78 bits per heavy atom. The first-order valence-electron chi connectivity index (χ1n) is 10.2. The number of rotatable bonds is 6. The molecule has 1 amide bonds. The Hall–Kier alpha value is -2.88. The van der Waals surface area contributed by atoms with Crippen LogP contribution >= 0.6 is 11.3 Å². The second-order valence-corrected chi connectivity index (χ2v) is 10.4. The third kappa shape index (κ3) is 4.64. The quantitative estimate of drug-likeness (QED) is 0.591. The van der Waals surface area contributed by atoms with Crippen LogP contribution in [0.25, 0.3) is 0 Å². The van der Waals surface area contributed by atoms with E-state index in [-0.39, 0.29) is 9.77 Å². The molecule has 0 spiro atoms. The van der Waals surface area contributed by atoms with Gasteiger partial charge in [0.05, 0.1) is 7.11 Å². The van der Waals surface area contributed by atoms with Gasteiger partial charge in [-0.05, 0) is 48.2 Å². The molecule has 0 saturated carbocycles. The number of hydrogen-bond donors (Lipinski definition) is 1. The molecule has 0 radical (unpaired) electrons. The molecule has 1 saturated heterocycles. The van der Waals surface area contributed by atoms with Crippen molar-refractivity contribution in [3.8, 4) is 5.75 Å². The number of carbonyl (C=O) groups is 1. The van der Waals surface area contributed by atoms with Gasteiger partial charge in [-0.25, -0.2) is 8.42 Å². The number of piperazine rings is 1. The Morgan fingerprint density at radius 1 is 1.03 bits per heavy atom. The Labute approximate surface area is 192 Å². The Balaban J connectivity index is 1.48. The van der Waals surface area contributed by atoms with Gasteiger partial charge >= 0.3 is 0 Å². The summed E-state index contributed by atoms with van der Waals surface area (Å²) in [5, 5.41) is 4.45. The molecular formula is C23H25N3O4S2. The summed E-state index contributed by atoms with van der Waals surface area (Å²) in [5.74, 6) is 0.347. The van der Waals surface area contributed by atoms with E-state index in [0.717, 1.165) is 28.3 Å². The minimum Gasteiger partial charge on any atom is -0.497 e. The normalized spacial score (nSPS) is 14.9. The fourth-order valence-electron chi connectivity index (χ4n) is 3.71. The number of hydrogen-bond acceptors (Lipinski definition) is 6. The van der Waals surface area contributed by atoms with Crippen LogP contribution in [0.3, 0.4) is 0 Å². The summed E-state index contributed by atoms with van der Waals surface area (Å²) < 4.78 is 33.4. The van der Waals surface area contributed by atoms with Gasteiger partial charge in [0.2, 0.25) is 10.0 Å². The summed E-state index contributed by atoms with van der Waals surface area (Å²) in [5.41, 5.74) is 2.64. The molecule has 4 rings (SSSR count). The number of thiophene rings is 1. The van der Waals surface area contributed by atoms with Crippen LogP contribution < -0.4 is 15.0 Å². The molecule has 1 N–H and O–H groups in total. The monoisotopic (exact) mass is 471 g/mol. The first-order chi connectivity index (χ1) is 15.4. The second-order valence-electron chi connectivity index (χ2n) is 7.53. The van der Waals surface area contributed by atoms with Crippen LogP contribution in [-0.2, 0) is 10.0 Å². The Bertz CT molecular complexity index is 1220. The third-order valence-electron chi connectivity index (χ3n) is 5.39. The van der Waals surface area contributed by atoms with Crippen LogP contribution in [0.15, 0.2) is 64.9 Å². The largest absolute Gasteiger partial charge is 0.497 e. The predicted octanol–water partition coefficient (Wildman–Crippen LogP) is 3.83. The zero-order valence-electron chi connectivity index (χ0n) is 17.9. The standard InChI is InChI=1S/C23H25N3O4S2/c1-17-5-3-6-18(15-17)24-23(27)22-21(9-14-31-22)32(28,29)26-12-10-25(11-13-26)19-7-4-8-20(16-19)30-2/h3-9,14-16H,10-13H2,1-2H3,(H,24,27). The maximum absolute atomic E-state index is 13.3. The molecule has 3 aromatic rings. The molecule has 9 heteroatoms. The molecule has 2 heterocycles. The van der Waals surface area contributed by atoms with Crippen molar-refractivity contribution in [3.63, 3.8) is 0 Å². The number of ether oxygens (including phenoxy) is 1. The van der Waals surface area contributed by atoms with E-state index in [4.69, 9.17) is 4.74 Å². The van der Waals surface area contributed by atoms with E-state index in [9.17, 15) is 13.2 Å². The Kier molecular flexibility index (Phi) is 6.50. The number of aryl methyl sites for hydroxylation is 1. The number of sulfonamides is 1. The van der Waals surface area contributed by atoms with Crippen LogP contribution in [0.4, 0.5) is 11.4 Å². The fraction of sp³-hybridized carbons (Fsp3) is 0.261. The van der Waals surface area contributed by atoms with Crippen molar-refractivity contribution in [3.05, 3.63) is 70.4 Å². The number of anilines is 2. The van der Waals surface area contributed by atoms with Crippen molar-refractivity contribution in [1.82, 2.24) is 4.31 Å². The maximum Gasteiger partial charge on any atom is 0.267 e. The van der Waals surface area contributed by atoms with E-state index in [0.29, 0.717) is 31.9 Å². The first-order valence-corrected chi connectivity index (χ1v) is 12.5. The highest BCUT2D eigenvalue weighted by Crippen LogP contribution is 2.28. The number of carbonyl (C=O) groups excluding carboxylic acids is 1. The summed E-state index contributed by atoms with van der Waals surface area (Å²) >= 11 is 1.13. The van der Waals surface area contributed by atoms with Gasteiger partial charge in [-0.15, -0.1) is 11.3 Å². The number of benzene rings is 2. The van der Waals surface area contributed by atoms with Gasteiger partial charge in [0.15, 0.2) is 0 Å². The average Bonchev–Trinajstić information content (AvgIpc) is 3.30. The van der Waals surface area contributed by atoms with Crippen molar-refractivity contribution in [2.24, 2.45) is 0 Å². The summed E-state index contributed by atoms with van der Waals surface area (Å²) in [6.07, 6.45) is 0. The van der Waals surface area contributed by atoms with Gasteiger partial charge in [-0.2, -0.15) is 4.31 Å². The number of methoxy groups -OCH3 is 1. The van der Waals surface area contributed by atoms with Gasteiger partial charge in [-0.3, -0.25) is 4.79 Å². The van der Waals surface area contributed by atoms with Crippen molar-refractivity contribution >= 4 is 38.6 Å². The third-order valence-corrected chi connectivity index (χ3v) is 8.37. The summed E-state index contributed by atoms with van der Waals surface area (Å²) in [4.78, 5) is 15.2. The van der Waals surface area contributed by atoms with Crippen LogP contribution in [-0.4, -0.2) is 51.9 Å². The molecule has 32 heavy (non-hydrogen) atoms. The first kappa shape index (κ1) is 22.3. The lowest BCUT2D eigenvalue weighted by Gasteiger charge is -2.35. The highest BCUT2D eigenvalue weighted by molar-refractivity contribution is 7.89. The molecule has 168 valence electrons. The molecular weight excluding hydrogens is 446 g/mol. The molecule has 1 fully saturated rings. The predicted molar refractivity (Wildman–Crippen MR) is 127 cm³/mol. The molecule has 0 atom stereocenters. The van der Waals surface area contributed by atoms with Crippen LogP contribution in [0.1, 0.15) is 15.2 Å². The highest BCUT2D eigenvalue weighted by Gasteiger charge is 2.32. The van der Waals surface area contributed by atoms with Crippen molar-refractivity contribution in [2.45, 2.75) is 11.8 Å². The van der Waals surface area contributed by atoms with Crippen LogP contribution in [0, 0.1) is 6.92 Å². The molecule has 2 aromatic carbocycles. The summed E-state index contributed by atoms with van der Waals surface area (Å²) in [6, 6.07) is 16.6. The number of nitrogens with one attached hydrogen (secondary N) is 1. The topological polar surface area (TPSA) is 79.0 Å². The molecule has 1 aromatic heterocycles. The van der Waals surface area contributed by atoms with Crippen LogP contribution in [0.5, 0.6) is 5.75 Å². The zero-order chi connectivity index (χ0) is 22.7. The lowest BCUT2D eigenvalue weighted by molar-refractivity contribution is 0.102. The second kappa shape index (κ2) is 9.32. The molecule has 1 aliphatic rings. The van der Waals surface area contributed by atoms with Gasteiger partial charge in [-0.1, -0.05) is 18.2 Å². The van der Waals surface area contributed by atoms with Gasteiger partial charge in [0, 0.05) is 43.6 Å². The van der Waals surface area contributed by atoms with E-state index in [2.05, 4.69) is 10.2 Å². The van der Waals surface area contributed by atoms with Crippen LogP contribution in [0.2, 0.25) is 0 Å². The van der Waals surface area contributed by atoms with E-state index < -0.39 is 15.9 Å². The molecule has 7 nitrogen and oxygen atoms in total. The lowest BCUT2D eigenvalue weighted by Crippen LogP contribution is -2.48. The smallest absolute Gasteiger partial charge is 0.267 e.